The van der Waals surface area contributed by atoms with Crippen LogP contribution in [0.4, 0.5) is 0 Å². The Morgan fingerprint density at radius 3 is 2.86 bits per heavy atom. The highest BCUT2D eigenvalue weighted by Crippen LogP contribution is 2.39. The Kier molecular flexibility index (Phi) is 2.94. The van der Waals surface area contributed by atoms with E-state index in [0.29, 0.717) is 11.3 Å². The molecular formula is C16H9NO2S2. The van der Waals surface area contributed by atoms with E-state index < -0.39 is 0 Å². The highest BCUT2D eigenvalue weighted by molar-refractivity contribution is 7.22. The Bertz CT molecular complexity index is 905. The molecule has 0 aliphatic carbocycles. The van der Waals surface area contributed by atoms with Crippen LogP contribution in [0, 0.1) is 0 Å². The first-order valence-electron chi connectivity index (χ1n) is 6.34. The van der Waals surface area contributed by atoms with Gasteiger partial charge in [-0.25, -0.2) is 4.98 Å². The van der Waals surface area contributed by atoms with Gasteiger partial charge in [0.25, 0.3) is 0 Å². The van der Waals surface area contributed by atoms with Crippen molar-refractivity contribution < 1.29 is 9.21 Å². The van der Waals surface area contributed by atoms with E-state index in [1.54, 1.807) is 12.5 Å². The van der Waals surface area contributed by atoms with Crippen LogP contribution >= 0.6 is 22.7 Å². The van der Waals surface area contributed by atoms with Crippen LogP contribution in [0.25, 0.3) is 20.9 Å². The minimum absolute atomic E-state index is 0.0238. The summed E-state index contributed by atoms with van der Waals surface area (Å²) in [5.41, 5.74) is 0.681. The summed E-state index contributed by atoms with van der Waals surface area (Å²) in [6.07, 6.45) is 3.36. The molecule has 0 saturated carbocycles. The number of pyridine rings is 1. The first-order valence-corrected chi connectivity index (χ1v) is 8.04. The largest absolute Gasteiger partial charge is 0.463 e. The molecule has 0 aromatic carbocycles. The third-order valence-electron chi connectivity index (χ3n) is 3.18. The maximum absolute atomic E-state index is 12.8. The second kappa shape index (κ2) is 4.95. The molecule has 4 rings (SSSR count). The number of hydrogen-bond donors (Lipinski definition) is 0. The van der Waals surface area contributed by atoms with Crippen molar-refractivity contribution in [1.82, 2.24) is 4.98 Å². The van der Waals surface area contributed by atoms with Gasteiger partial charge in [-0.15, -0.1) is 22.7 Å². The zero-order chi connectivity index (χ0) is 14.2. The maximum atomic E-state index is 12.8. The second-order valence-electron chi connectivity index (χ2n) is 4.45. The number of ketones is 1. The summed E-state index contributed by atoms with van der Waals surface area (Å²) in [6.45, 7) is 0. The van der Waals surface area contributed by atoms with Crippen molar-refractivity contribution in [3.05, 3.63) is 64.7 Å². The molecule has 0 spiro atoms. The van der Waals surface area contributed by atoms with Crippen molar-refractivity contribution in [2.24, 2.45) is 0 Å². The molecule has 0 aliphatic rings. The molecule has 0 aliphatic heterocycles. The number of rotatable bonds is 3. The number of carbonyl (C=O) groups is 1. The number of aromatic nitrogens is 1. The van der Waals surface area contributed by atoms with E-state index in [0.717, 1.165) is 20.0 Å². The van der Waals surface area contributed by atoms with Crippen molar-refractivity contribution in [1.29, 1.82) is 0 Å². The number of nitrogens with zero attached hydrogens (tertiary/aromatic N) is 1. The molecule has 4 aromatic heterocycles. The second-order valence-corrected chi connectivity index (χ2v) is 6.39. The van der Waals surface area contributed by atoms with Crippen molar-refractivity contribution in [2.75, 3.05) is 0 Å². The highest BCUT2D eigenvalue weighted by atomic mass is 32.1. The molecule has 3 nitrogen and oxygen atoms in total. The zero-order valence-electron chi connectivity index (χ0n) is 10.8. The number of thiophene rings is 2. The van der Waals surface area contributed by atoms with Crippen LogP contribution in [0.2, 0.25) is 0 Å². The van der Waals surface area contributed by atoms with Crippen molar-refractivity contribution >= 4 is 38.7 Å². The van der Waals surface area contributed by atoms with E-state index in [1.807, 2.05) is 41.8 Å². The van der Waals surface area contributed by atoms with E-state index in [1.165, 1.54) is 22.7 Å². The van der Waals surface area contributed by atoms with Gasteiger partial charge >= 0.3 is 0 Å². The summed E-state index contributed by atoms with van der Waals surface area (Å²) >= 11 is 2.93. The Hall–Kier alpha value is -2.24. The normalized spacial score (nSPS) is 11.0. The smallest absolute Gasteiger partial charge is 0.205 e. The Morgan fingerprint density at radius 1 is 1.14 bits per heavy atom. The Balaban J connectivity index is 2.01. The molecule has 21 heavy (non-hydrogen) atoms. The van der Waals surface area contributed by atoms with Crippen LogP contribution in [0.3, 0.4) is 0 Å². The fourth-order valence-electron chi connectivity index (χ4n) is 2.27. The van der Waals surface area contributed by atoms with E-state index in [-0.39, 0.29) is 5.78 Å². The quantitative estimate of drug-likeness (QED) is 0.508. The van der Waals surface area contributed by atoms with Crippen LogP contribution in [-0.4, -0.2) is 10.8 Å². The number of furan rings is 1. The lowest BCUT2D eigenvalue weighted by atomic mass is 10.1. The predicted octanol–water partition coefficient (Wildman–Crippen LogP) is 4.85. The molecule has 0 amide bonds. The van der Waals surface area contributed by atoms with Gasteiger partial charge in [-0.2, -0.15) is 0 Å². The number of fused-ring (bicyclic) bond motifs is 1. The van der Waals surface area contributed by atoms with E-state index in [2.05, 4.69) is 4.98 Å². The lowest BCUT2D eigenvalue weighted by molar-refractivity contribution is 0.104. The molecule has 0 fully saturated rings. The molecule has 102 valence electrons. The number of hydrogen-bond acceptors (Lipinski definition) is 5. The van der Waals surface area contributed by atoms with Gasteiger partial charge in [0.2, 0.25) is 5.78 Å². The van der Waals surface area contributed by atoms with E-state index >= 15 is 0 Å². The first-order chi connectivity index (χ1) is 10.3. The molecule has 4 aromatic rings. The van der Waals surface area contributed by atoms with Gasteiger partial charge in [-0.3, -0.25) is 4.79 Å². The topological polar surface area (TPSA) is 43.1 Å². The average molecular weight is 311 g/mol. The monoisotopic (exact) mass is 311 g/mol. The summed E-state index contributed by atoms with van der Waals surface area (Å²) in [6, 6.07) is 11.2. The zero-order valence-corrected chi connectivity index (χ0v) is 12.4. The molecule has 0 atom stereocenters. The van der Waals surface area contributed by atoms with Gasteiger partial charge < -0.3 is 4.42 Å². The molecule has 0 bridgehead atoms. The standard InChI is InChI=1S/C16H9NO2S2/c18-14(12-6-3-9-20-12)13-10-4-1-7-17-16(10)21-15(13)11-5-2-8-19-11/h1-9H. The fraction of sp³-hybridized carbons (Fsp3) is 0. The van der Waals surface area contributed by atoms with E-state index in [4.69, 9.17) is 4.42 Å². The van der Waals surface area contributed by atoms with E-state index in [9.17, 15) is 4.79 Å². The van der Waals surface area contributed by atoms with Crippen LogP contribution in [0.15, 0.2) is 58.7 Å². The SMILES string of the molecule is O=C(c1cccs1)c1c(-c2ccco2)sc2ncccc12. The van der Waals surface area contributed by atoms with Crippen LogP contribution in [0.5, 0.6) is 0 Å². The average Bonchev–Trinajstić information content (AvgIpc) is 3.25. The van der Waals surface area contributed by atoms with Gasteiger partial charge in [0.05, 0.1) is 21.6 Å². The lowest BCUT2D eigenvalue weighted by Crippen LogP contribution is -1.99. The van der Waals surface area contributed by atoms with Crippen molar-refractivity contribution in [3.63, 3.8) is 0 Å². The third-order valence-corrected chi connectivity index (χ3v) is 5.18. The minimum atomic E-state index is 0.0238. The number of carbonyl (C=O) groups excluding carboxylic acids is 1. The Labute approximate surface area is 128 Å². The maximum Gasteiger partial charge on any atom is 0.205 e. The molecule has 0 N–H and O–H groups in total. The summed E-state index contributed by atoms with van der Waals surface area (Å²) < 4.78 is 5.49. The summed E-state index contributed by atoms with van der Waals surface area (Å²) in [7, 11) is 0. The molecule has 4 heterocycles. The third kappa shape index (κ3) is 2.02. The highest BCUT2D eigenvalue weighted by Gasteiger charge is 2.23. The van der Waals surface area contributed by atoms with Gasteiger partial charge in [0.1, 0.15) is 10.6 Å². The van der Waals surface area contributed by atoms with Crippen molar-refractivity contribution in [2.45, 2.75) is 0 Å². The molecule has 5 heteroatoms. The Morgan fingerprint density at radius 2 is 2.10 bits per heavy atom. The molecular weight excluding hydrogens is 302 g/mol. The first kappa shape index (κ1) is 12.5. The minimum Gasteiger partial charge on any atom is -0.463 e. The molecule has 0 saturated heterocycles. The molecule has 0 unspecified atom stereocenters. The lowest BCUT2D eigenvalue weighted by Gasteiger charge is -2.00. The van der Waals surface area contributed by atoms with Gasteiger partial charge in [-0.1, -0.05) is 6.07 Å². The summed E-state index contributed by atoms with van der Waals surface area (Å²) in [5, 5.41) is 2.79. The summed E-state index contributed by atoms with van der Waals surface area (Å²) in [5.74, 6) is 0.730. The van der Waals surface area contributed by atoms with Gasteiger partial charge in [0, 0.05) is 11.6 Å². The molecule has 0 radical (unpaired) electrons. The van der Waals surface area contributed by atoms with Crippen LogP contribution in [-0.2, 0) is 0 Å². The van der Waals surface area contributed by atoms with Crippen LogP contribution < -0.4 is 0 Å². The van der Waals surface area contributed by atoms with Crippen LogP contribution in [0.1, 0.15) is 15.2 Å². The van der Waals surface area contributed by atoms with Gasteiger partial charge in [-0.05, 0) is 35.7 Å². The van der Waals surface area contributed by atoms with Gasteiger partial charge in [0.15, 0.2) is 0 Å². The predicted molar refractivity (Wildman–Crippen MR) is 85.1 cm³/mol. The fourth-order valence-corrected chi connectivity index (χ4v) is 4.05. The summed E-state index contributed by atoms with van der Waals surface area (Å²) in [4.78, 5) is 19.6. The van der Waals surface area contributed by atoms with Crippen molar-refractivity contribution in [3.8, 4) is 10.6 Å².